The molecule has 0 aliphatic heterocycles. The first-order valence-corrected chi connectivity index (χ1v) is 4.48. The third kappa shape index (κ3) is 2.57. The van der Waals surface area contributed by atoms with Crippen molar-refractivity contribution < 1.29 is 13.5 Å². The van der Waals surface area contributed by atoms with Gasteiger partial charge in [0.1, 0.15) is 12.2 Å². The largest absolute Gasteiger partial charge is 0.495 e. The molecule has 0 unspecified atom stereocenters. The first-order valence-electron chi connectivity index (χ1n) is 4.10. The lowest BCUT2D eigenvalue weighted by molar-refractivity contribution is 0.000922. The fraction of sp³-hybridized carbons (Fsp3) is 0.300. The van der Waals surface area contributed by atoms with Crippen LogP contribution in [0.5, 0.6) is 5.75 Å². The number of nitriles is 1. The van der Waals surface area contributed by atoms with Gasteiger partial charge >= 0.3 is 0 Å². The van der Waals surface area contributed by atoms with Crippen molar-refractivity contribution >= 4 is 11.6 Å². The van der Waals surface area contributed by atoms with Crippen LogP contribution in [0.2, 0.25) is 5.02 Å². The van der Waals surface area contributed by atoms with E-state index in [0.29, 0.717) is 5.75 Å². The topological polar surface area (TPSA) is 33.0 Å². The van der Waals surface area contributed by atoms with Gasteiger partial charge in [0.25, 0.3) is 5.92 Å². The van der Waals surface area contributed by atoms with Crippen molar-refractivity contribution in [1.82, 2.24) is 0 Å². The molecule has 0 N–H and O–H groups in total. The normalized spacial score (nSPS) is 10.9. The third-order valence-electron chi connectivity index (χ3n) is 1.88. The number of methoxy groups -OCH3 is 1. The summed E-state index contributed by atoms with van der Waals surface area (Å²) >= 11 is 5.69. The lowest BCUT2D eigenvalue weighted by Crippen LogP contribution is -2.12. The van der Waals surface area contributed by atoms with Crippen LogP contribution in [0.25, 0.3) is 0 Å². The quantitative estimate of drug-likeness (QED) is 0.799. The summed E-state index contributed by atoms with van der Waals surface area (Å²) in [4.78, 5) is 0. The molecule has 0 spiro atoms. The highest BCUT2D eigenvalue weighted by atomic mass is 35.5. The molecule has 0 radical (unpaired) electrons. The molecule has 2 nitrogen and oxygen atoms in total. The van der Waals surface area contributed by atoms with Gasteiger partial charge in [-0.25, -0.2) is 8.78 Å². The summed E-state index contributed by atoms with van der Waals surface area (Å²) in [7, 11) is 1.40. The maximum Gasteiger partial charge on any atom is 0.286 e. The van der Waals surface area contributed by atoms with E-state index < -0.39 is 12.3 Å². The number of halogens is 3. The number of hydrogen-bond donors (Lipinski definition) is 0. The zero-order valence-electron chi connectivity index (χ0n) is 7.93. The summed E-state index contributed by atoms with van der Waals surface area (Å²) in [5, 5.41) is 8.35. The highest BCUT2D eigenvalue weighted by Crippen LogP contribution is 2.35. The fourth-order valence-electron chi connectivity index (χ4n) is 1.10. The smallest absolute Gasteiger partial charge is 0.286 e. The van der Waals surface area contributed by atoms with Gasteiger partial charge in [0.05, 0.1) is 18.2 Å². The average molecular weight is 232 g/mol. The Morgan fingerprint density at radius 1 is 1.53 bits per heavy atom. The van der Waals surface area contributed by atoms with E-state index >= 15 is 0 Å². The molecular formula is C10H8ClF2NO. The van der Waals surface area contributed by atoms with Crippen molar-refractivity contribution in [2.45, 2.75) is 12.3 Å². The Bertz CT molecular complexity index is 401. The molecule has 0 heterocycles. The van der Waals surface area contributed by atoms with E-state index in [1.807, 2.05) is 0 Å². The second-order valence-corrected chi connectivity index (χ2v) is 3.30. The van der Waals surface area contributed by atoms with E-state index in [0.717, 1.165) is 6.07 Å². The molecule has 0 aliphatic carbocycles. The molecule has 0 fully saturated rings. The number of nitrogens with zero attached hydrogens (tertiary/aromatic N) is 1. The van der Waals surface area contributed by atoms with Crippen LogP contribution in [0.1, 0.15) is 12.0 Å². The van der Waals surface area contributed by atoms with Crippen LogP contribution < -0.4 is 4.74 Å². The minimum Gasteiger partial charge on any atom is -0.495 e. The van der Waals surface area contributed by atoms with Crippen molar-refractivity contribution in [2.75, 3.05) is 7.11 Å². The Morgan fingerprint density at radius 2 is 2.20 bits per heavy atom. The van der Waals surface area contributed by atoms with Crippen LogP contribution in [0.15, 0.2) is 18.2 Å². The lowest BCUT2D eigenvalue weighted by Gasteiger charge is -2.14. The Balaban J connectivity index is 3.08. The lowest BCUT2D eigenvalue weighted by atomic mass is 10.1. The van der Waals surface area contributed by atoms with Crippen molar-refractivity contribution in [1.29, 1.82) is 5.26 Å². The van der Waals surface area contributed by atoms with Crippen molar-refractivity contribution in [2.24, 2.45) is 0 Å². The van der Waals surface area contributed by atoms with Gasteiger partial charge in [-0.05, 0) is 18.2 Å². The van der Waals surface area contributed by atoms with Crippen LogP contribution in [0.3, 0.4) is 0 Å². The average Bonchev–Trinajstić information content (AvgIpc) is 2.17. The Hall–Kier alpha value is -1.34. The zero-order valence-corrected chi connectivity index (χ0v) is 8.68. The van der Waals surface area contributed by atoms with Gasteiger partial charge in [0, 0.05) is 5.56 Å². The molecular weight excluding hydrogens is 224 g/mol. The summed E-state index contributed by atoms with van der Waals surface area (Å²) in [5.41, 5.74) is -0.283. The van der Waals surface area contributed by atoms with Crippen LogP contribution in [0, 0.1) is 11.3 Å². The Kier molecular flexibility index (Phi) is 3.48. The molecule has 0 saturated heterocycles. The summed E-state index contributed by atoms with van der Waals surface area (Å²) < 4.78 is 31.3. The first-order chi connectivity index (χ1) is 7.01. The van der Waals surface area contributed by atoms with Gasteiger partial charge in [0.2, 0.25) is 0 Å². The molecule has 5 heteroatoms. The highest BCUT2D eigenvalue weighted by Gasteiger charge is 2.31. The molecule has 80 valence electrons. The predicted molar refractivity (Wildman–Crippen MR) is 52.1 cm³/mol. The predicted octanol–water partition coefficient (Wildman–Crippen LogP) is 3.35. The first kappa shape index (κ1) is 11.7. The second-order valence-electron chi connectivity index (χ2n) is 2.89. The molecule has 0 atom stereocenters. The summed E-state index contributed by atoms with van der Waals surface area (Å²) in [6.45, 7) is 0. The van der Waals surface area contributed by atoms with Gasteiger partial charge in [-0.15, -0.1) is 0 Å². The molecule has 0 aliphatic rings. The van der Waals surface area contributed by atoms with E-state index in [1.54, 1.807) is 0 Å². The van der Waals surface area contributed by atoms with Gasteiger partial charge in [-0.2, -0.15) is 5.26 Å². The monoisotopic (exact) mass is 231 g/mol. The Morgan fingerprint density at radius 3 is 2.67 bits per heavy atom. The van der Waals surface area contributed by atoms with Crippen molar-refractivity contribution in [3.05, 3.63) is 28.8 Å². The van der Waals surface area contributed by atoms with Crippen LogP contribution >= 0.6 is 11.6 Å². The molecule has 1 aromatic carbocycles. The summed E-state index contributed by atoms with van der Waals surface area (Å²) in [6.07, 6.45) is -0.865. The molecule has 0 bridgehead atoms. The van der Waals surface area contributed by atoms with Gasteiger partial charge in [0.15, 0.2) is 0 Å². The standard InChI is InChI=1S/C10H8ClF2NO/c1-15-9-3-2-7(6-8(9)11)10(12,13)4-5-14/h2-3,6H,4H2,1H3. The maximum absolute atomic E-state index is 13.3. The Labute approximate surface area is 91.0 Å². The number of rotatable bonds is 3. The number of hydrogen-bond acceptors (Lipinski definition) is 2. The highest BCUT2D eigenvalue weighted by molar-refractivity contribution is 6.32. The maximum atomic E-state index is 13.3. The van der Waals surface area contributed by atoms with Crippen LogP contribution in [-0.2, 0) is 5.92 Å². The SMILES string of the molecule is COc1ccc(C(F)(F)CC#N)cc1Cl. The number of ether oxygens (including phenoxy) is 1. The van der Waals surface area contributed by atoms with E-state index in [1.165, 1.54) is 25.3 Å². The van der Waals surface area contributed by atoms with Gasteiger partial charge in [-0.3, -0.25) is 0 Å². The van der Waals surface area contributed by atoms with E-state index in [2.05, 4.69) is 0 Å². The van der Waals surface area contributed by atoms with E-state index in [9.17, 15) is 8.78 Å². The van der Waals surface area contributed by atoms with Gasteiger partial charge < -0.3 is 4.74 Å². The van der Waals surface area contributed by atoms with Crippen molar-refractivity contribution in [3.8, 4) is 11.8 Å². The van der Waals surface area contributed by atoms with E-state index in [4.69, 9.17) is 21.6 Å². The zero-order chi connectivity index (χ0) is 11.5. The fourth-order valence-corrected chi connectivity index (χ4v) is 1.35. The minimum absolute atomic E-state index is 0.104. The third-order valence-corrected chi connectivity index (χ3v) is 2.17. The minimum atomic E-state index is -3.18. The summed E-state index contributed by atoms with van der Waals surface area (Å²) in [6, 6.07) is 5.09. The van der Waals surface area contributed by atoms with Crippen LogP contribution in [-0.4, -0.2) is 7.11 Å². The number of alkyl halides is 2. The molecule has 0 aromatic heterocycles. The van der Waals surface area contributed by atoms with Crippen LogP contribution in [0.4, 0.5) is 8.78 Å². The van der Waals surface area contributed by atoms with Gasteiger partial charge in [-0.1, -0.05) is 11.6 Å². The molecule has 1 rings (SSSR count). The second kappa shape index (κ2) is 4.45. The molecule has 0 saturated carbocycles. The summed E-state index contributed by atoms with van der Waals surface area (Å²) in [5.74, 6) is -2.85. The molecule has 1 aromatic rings. The molecule has 0 amide bonds. The van der Waals surface area contributed by atoms with Crippen molar-refractivity contribution in [3.63, 3.8) is 0 Å². The van der Waals surface area contributed by atoms with E-state index in [-0.39, 0.29) is 10.6 Å². The number of benzene rings is 1. The molecule has 15 heavy (non-hydrogen) atoms.